The standard InChI is InChI=1S/C26H36O/c1-25-14-7-6-10-20(25)11-12-21-22(25)13-15-26(2)23(21)17-19(24(26)27)16-18-8-4-3-5-9-18/h3-5,8-9,16,20-24,27H,6-7,10-15,17H2,1-2H3/b19-16-. The third-order valence-electron chi connectivity index (χ3n) is 9.60. The van der Waals surface area contributed by atoms with Crippen molar-refractivity contribution in [3.05, 3.63) is 41.5 Å². The van der Waals surface area contributed by atoms with Crippen molar-refractivity contribution < 1.29 is 5.11 Å². The van der Waals surface area contributed by atoms with E-state index in [9.17, 15) is 5.11 Å². The summed E-state index contributed by atoms with van der Waals surface area (Å²) in [5.74, 6) is 3.39. The van der Waals surface area contributed by atoms with Crippen LogP contribution in [0.1, 0.15) is 77.2 Å². The zero-order valence-electron chi connectivity index (χ0n) is 17.2. The SMILES string of the molecule is CC12CCCCC1CCC1C2CCC2(C)C(O)/C(=C\c3ccccc3)CC12. The molecule has 0 spiro atoms. The number of hydrogen-bond acceptors (Lipinski definition) is 1. The molecule has 1 aromatic carbocycles. The summed E-state index contributed by atoms with van der Waals surface area (Å²) in [6.45, 7) is 5.04. The van der Waals surface area contributed by atoms with Crippen molar-refractivity contribution in [1.82, 2.24) is 0 Å². The third kappa shape index (κ3) is 2.68. The number of aliphatic hydroxyl groups excluding tert-OH is 1. The summed E-state index contributed by atoms with van der Waals surface area (Å²) in [7, 11) is 0. The fraction of sp³-hybridized carbons (Fsp3) is 0.692. The molecule has 146 valence electrons. The van der Waals surface area contributed by atoms with Crippen molar-refractivity contribution in [2.45, 2.75) is 77.7 Å². The summed E-state index contributed by atoms with van der Waals surface area (Å²) in [6, 6.07) is 10.6. The van der Waals surface area contributed by atoms with Crippen LogP contribution in [0.25, 0.3) is 6.08 Å². The number of fused-ring (bicyclic) bond motifs is 5. The first-order valence-corrected chi connectivity index (χ1v) is 11.5. The van der Waals surface area contributed by atoms with Crippen LogP contribution in [0.3, 0.4) is 0 Å². The minimum Gasteiger partial charge on any atom is -0.388 e. The molecular weight excluding hydrogens is 328 g/mol. The fourth-order valence-electron chi connectivity index (χ4n) is 8.06. The predicted molar refractivity (Wildman–Crippen MR) is 112 cm³/mol. The lowest BCUT2D eigenvalue weighted by atomic mass is 9.45. The molecule has 7 unspecified atom stereocenters. The topological polar surface area (TPSA) is 20.2 Å². The highest BCUT2D eigenvalue weighted by atomic mass is 16.3. The normalized spacial score (nSPS) is 48.0. The van der Waals surface area contributed by atoms with Crippen LogP contribution >= 0.6 is 0 Å². The Hall–Kier alpha value is -1.08. The monoisotopic (exact) mass is 364 g/mol. The number of benzene rings is 1. The van der Waals surface area contributed by atoms with E-state index in [-0.39, 0.29) is 11.5 Å². The van der Waals surface area contributed by atoms with Crippen LogP contribution in [0.5, 0.6) is 0 Å². The van der Waals surface area contributed by atoms with E-state index in [4.69, 9.17) is 0 Å². The average Bonchev–Trinajstić information content (AvgIpc) is 2.93. The molecular formula is C26H36O. The molecule has 4 aliphatic rings. The van der Waals surface area contributed by atoms with Crippen molar-refractivity contribution in [3.63, 3.8) is 0 Å². The van der Waals surface area contributed by atoms with E-state index >= 15 is 0 Å². The Balaban J connectivity index is 1.46. The van der Waals surface area contributed by atoms with E-state index in [1.165, 1.54) is 62.5 Å². The molecule has 0 heterocycles. The van der Waals surface area contributed by atoms with Crippen LogP contribution < -0.4 is 0 Å². The first-order chi connectivity index (χ1) is 13.0. The highest BCUT2D eigenvalue weighted by Crippen LogP contribution is 2.67. The molecule has 1 aromatic rings. The second kappa shape index (κ2) is 6.48. The van der Waals surface area contributed by atoms with Crippen molar-refractivity contribution >= 4 is 6.08 Å². The van der Waals surface area contributed by atoms with E-state index in [2.05, 4.69) is 50.3 Å². The van der Waals surface area contributed by atoms with Gasteiger partial charge in [-0.3, -0.25) is 0 Å². The molecule has 1 heteroatoms. The molecule has 0 aliphatic heterocycles. The maximum atomic E-state index is 11.3. The number of aliphatic hydroxyl groups is 1. The van der Waals surface area contributed by atoms with Crippen LogP contribution in [-0.2, 0) is 0 Å². The largest absolute Gasteiger partial charge is 0.388 e. The van der Waals surface area contributed by atoms with Gasteiger partial charge in [0.15, 0.2) is 0 Å². The average molecular weight is 365 g/mol. The van der Waals surface area contributed by atoms with Gasteiger partial charge in [0, 0.05) is 5.41 Å². The van der Waals surface area contributed by atoms with Gasteiger partial charge in [0.05, 0.1) is 6.10 Å². The lowest BCUT2D eigenvalue weighted by Gasteiger charge is -2.60. The van der Waals surface area contributed by atoms with Gasteiger partial charge in [0.1, 0.15) is 0 Å². The van der Waals surface area contributed by atoms with Crippen LogP contribution in [-0.4, -0.2) is 11.2 Å². The number of rotatable bonds is 1. The summed E-state index contributed by atoms with van der Waals surface area (Å²) in [6.07, 6.45) is 14.4. The third-order valence-corrected chi connectivity index (χ3v) is 9.60. The van der Waals surface area contributed by atoms with Crippen molar-refractivity contribution in [3.8, 4) is 0 Å². The molecule has 0 bridgehead atoms. The second-order valence-electron chi connectivity index (χ2n) is 10.7. The van der Waals surface area contributed by atoms with Crippen LogP contribution in [0.15, 0.2) is 35.9 Å². The molecule has 5 rings (SSSR count). The fourth-order valence-corrected chi connectivity index (χ4v) is 8.06. The Morgan fingerprint density at radius 3 is 2.52 bits per heavy atom. The van der Waals surface area contributed by atoms with Gasteiger partial charge in [-0.2, -0.15) is 0 Å². The molecule has 1 nitrogen and oxygen atoms in total. The van der Waals surface area contributed by atoms with Crippen LogP contribution in [0.4, 0.5) is 0 Å². The Morgan fingerprint density at radius 2 is 1.70 bits per heavy atom. The summed E-state index contributed by atoms with van der Waals surface area (Å²) in [5, 5.41) is 11.3. The summed E-state index contributed by atoms with van der Waals surface area (Å²) in [5.41, 5.74) is 3.22. The molecule has 0 amide bonds. The Kier molecular flexibility index (Phi) is 4.31. The number of hydrogen-bond donors (Lipinski definition) is 1. The highest BCUT2D eigenvalue weighted by molar-refractivity contribution is 5.55. The van der Waals surface area contributed by atoms with E-state index in [0.717, 1.165) is 24.2 Å². The van der Waals surface area contributed by atoms with E-state index < -0.39 is 0 Å². The van der Waals surface area contributed by atoms with Gasteiger partial charge in [0.25, 0.3) is 0 Å². The van der Waals surface area contributed by atoms with Gasteiger partial charge in [-0.15, -0.1) is 0 Å². The smallest absolute Gasteiger partial charge is 0.0809 e. The maximum Gasteiger partial charge on any atom is 0.0809 e. The maximum absolute atomic E-state index is 11.3. The summed E-state index contributed by atoms with van der Waals surface area (Å²) < 4.78 is 0. The molecule has 4 fully saturated rings. The van der Waals surface area contributed by atoms with Gasteiger partial charge in [0.2, 0.25) is 0 Å². The molecule has 27 heavy (non-hydrogen) atoms. The molecule has 0 saturated heterocycles. The zero-order valence-corrected chi connectivity index (χ0v) is 17.2. The van der Waals surface area contributed by atoms with Crippen LogP contribution in [0.2, 0.25) is 0 Å². The molecule has 0 radical (unpaired) electrons. The first kappa shape index (κ1) is 18.0. The minimum absolute atomic E-state index is 0.0969. The summed E-state index contributed by atoms with van der Waals surface area (Å²) >= 11 is 0. The van der Waals surface area contributed by atoms with Crippen LogP contribution in [0, 0.1) is 34.5 Å². The van der Waals surface area contributed by atoms with Crippen molar-refractivity contribution in [2.75, 3.05) is 0 Å². The lowest BCUT2D eigenvalue weighted by molar-refractivity contribution is -0.119. The van der Waals surface area contributed by atoms with Gasteiger partial charge in [-0.25, -0.2) is 0 Å². The predicted octanol–water partition coefficient (Wildman–Crippen LogP) is 6.47. The Morgan fingerprint density at radius 1 is 0.889 bits per heavy atom. The molecule has 4 aliphatic carbocycles. The molecule has 7 atom stereocenters. The van der Waals surface area contributed by atoms with Crippen molar-refractivity contribution in [2.24, 2.45) is 34.5 Å². The Bertz CT molecular complexity index is 721. The molecule has 0 aromatic heterocycles. The van der Waals surface area contributed by atoms with Crippen molar-refractivity contribution in [1.29, 1.82) is 0 Å². The van der Waals surface area contributed by atoms with Gasteiger partial charge in [-0.1, -0.05) is 63.1 Å². The van der Waals surface area contributed by atoms with E-state index in [1.54, 1.807) is 0 Å². The molecule has 1 N–H and O–H groups in total. The van der Waals surface area contributed by atoms with E-state index in [0.29, 0.717) is 11.3 Å². The highest BCUT2D eigenvalue weighted by Gasteiger charge is 2.60. The van der Waals surface area contributed by atoms with Gasteiger partial charge < -0.3 is 5.11 Å². The summed E-state index contributed by atoms with van der Waals surface area (Å²) in [4.78, 5) is 0. The van der Waals surface area contributed by atoms with Gasteiger partial charge >= 0.3 is 0 Å². The zero-order chi connectivity index (χ0) is 18.6. The minimum atomic E-state index is -0.249. The Labute approximate surface area is 165 Å². The second-order valence-corrected chi connectivity index (χ2v) is 10.7. The quantitative estimate of drug-likeness (QED) is 0.605. The first-order valence-electron chi connectivity index (χ1n) is 11.5. The van der Waals surface area contributed by atoms with E-state index in [1.807, 2.05) is 0 Å². The van der Waals surface area contributed by atoms with Gasteiger partial charge in [-0.05, 0) is 85.2 Å². The molecule has 4 saturated carbocycles. The lowest BCUT2D eigenvalue weighted by Crippen LogP contribution is -2.53.